The van der Waals surface area contributed by atoms with Crippen LogP contribution in [-0.4, -0.2) is 62.8 Å². The lowest BCUT2D eigenvalue weighted by molar-refractivity contribution is -0.155. The lowest BCUT2D eigenvalue weighted by Gasteiger charge is -2.54. The maximum absolute atomic E-state index is 13.5. The zero-order chi connectivity index (χ0) is 27.9. The Hall–Kier alpha value is -2.84. The van der Waals surface area contributed by atoms with E-state index in [0.717, 1.165) is 24.7 Å². The van der Waals surface area contributed by atoms with Crippen LogP contribution in [0.25, 0.3) is 6.20 Å². The number of aliphatic carboxylic acids is 1. The molecule has 2 amide bonds. The molecule has 9 nitrogen and oxygen atoms in total. The summed E-state index contributed by atoms with van der Waals surface area (Å²) in [6.45, 7) is 8.50. The van der Waals surface area contributed by atoms with Crippen LogP contribution in [0.1, 0.15) is 89.4 Å². The molecule has 1 unspecified atom stereocenters. The molecule has 5 fully saturated rings. The summed E-state index contributed by atoms with van der Waals surface area (Å²) >= 11 is 0. The van der Waals surface area contributed by atoms with Gasteiger partial charge in [-0.2, -0.15) is 5.10 Å². The van der Waals surface area contributed by atoms with Gasteiger partial charge >= 0.3 is 5.97 Å². The molecule has 6 rings (SSSR count). The summed E-state index contributed by atoms with van der Waals surface area (Å²) in [4.78, 5) is 40.2. The van der Waals surface area contributed by atoms with E-state index >= 15 is 0 Å². The zero-order valence-electron chi connectivity index (χ0n) is 23.8. The first-order valence-corrected chi connectivity index (χ1v) is 14.8. The van der Waals surface area contributed by atoms with Gasteiger partial charge in [0.25, 0.3) is 5.91 Å². The number of aromatic nitrogens is 2. The molecule has 39 heavy (non-hydrogen) atoms. The van der Waals surface area contributed by atoms with E-state index in [0.29, 0.717) is 42.9 Å². The molecule has 9 heteroatoms. The van der Waals surface area contributed by atoms with Gasteiger partial charge in [0.05, 0.1) is 18.2 Å². The minimum atomic E-state index is -0.964. The summed E-state index contributed by atoms with van der Waals surface area (Å²) in [5, 5.41) is 17.4. The van der Waals surface area contributed by atoms with Gasteiger partial charge in [0.15, 0.2) is 0 Å². The van der Waals surface area contributed by atoms with Crippen molar-refractivity contribution in [1.29, 1.82) is 0 Å². The Bertz CT molecular complexity index is 1090. The first kappa shape index (κ1) is 27.7. The smallest absolute Gasteiger partial charge is 0.326 e. The van der Waals surface area contributed by atoms with Gasteiger partial charge in [0, 0.05) is 18.8 Å². The number of carbonyl (C=O) groups is 3. The molecule has 1 atom stereocenters. The highest BCUT2D eigenvalue weighted by atomic mass is 16.5. The standard InChI is InChI=1S/C30H44N4O5/c1-18(2)17-39-27-23(26(35)32-25-21-12-19-11-20(14-21)15-22(25)13-19)16-31-34(27)10-8-30(3,4)29(38)33-9-6-5-7-24(33)28(36)37/h8,10,16,18-22,24-25H,5-7,9,11-15,17H2,1-4H3,(H,32,35)(H,36,37). The van der Waals surface area contributed by atoms with Gasteiger partial charge in [-0.15, -0.1) is 0 Å². The summed E-state index contributed by atoms with van der Waals surface area (Å²) < 4.78 is 7.63. The third-order valence-corrected chi connectivity index (χ3v) is 9.30. The van der Waals surface area contributed by atoms with E-state index in [4.69, 9.17) is 4.74 Å². The molecule has 5 aliphatic rings. The van der Waals surface area contributed by atoms with Crippen molar-refractivity contribution in [1.82, 2.24) is 20.0 Å². The largest absolute Gasteiger partial charge is 0.480 e. The third-order valence-electron chi connectivity index (χ3n) is 9.30. The molecule has 214 valence electrons. The molecule has 0 radical (unpaired) electrons. The van der Waals surface area contributed by atoms with Crippen molar-refractivity contribution in [3.63, 3.8) is 0 Å². The van der Waals surface area contributed by atoms with Crippen molar-refractivity contribution < 1.29 is 24.2 Å². The molecule has 1 aliphatic heterocycles. The predicted molar refractivity (Wildman–Crippen MR) is 147 cm³/mol. The van der Waals surface area contributed by atoms with E-state index < -0.39 is 17.4 Å². The predicted octanol–water partition coefficient (Wildman–Crippen LogP) is 4.44. The van der Waals surface area contributed by atoms with Crippen LogP contribution in [0.2, 0.25) is 0 Å². The number of hydrogen-bond acceptors (Lipinski definition) is 5. The number of piperidine rings is 1. The molecule has 0 spiro atoms. The van der Waals surface area contributed by atoms with Gasteiger partial charge in [-0.1, -0.05) is 19.9 Å². The minimum absolute atomic E-state index is 0.154. The number of nitrogens with zero attached hydrogens (tertiary/aromatic N) is 3. The molecule has 4 saturated carbocycles. The van der Waals surface area contributed by atoms with Crippen molar-refractivity contribution in [3.8, 4) is 5.88 Å². The van der Waals surface area contributed by atoms with Crippen LogP contribution in [0.4, 0.5) is 0 Å². The molecular weight excluding hydrogens is 496 g/mol. The molecular formula is C30H44N4O5. The van der Waals surface area contributed by atoms with E-state index in [1.165, 1.54) is 41.7 Å². The normalized spacial score (nSPS) is 30.2. The van der Waals surface area contributed by atoms with E-state index in [2.05, 4.69) is 10.4 Å². The fraction of sp³-hybridized carbons (Fsp3) is 0.733. The Labute approximate surface area is 231 Å². The van der Waals surface area contributed by atoms with Gasteiger partial charge in [-0.3, -0.25) is 9.59 Å². The van der Waals surface area contributed by atoms with Crippen molar-refractivity contribution in [2.75, 3.05) is 13.2 Å². The number of rotatable bonds is 9. The van der Waals surface area contributed by atoms with Gasteiger partial charge in [0.1, 0.15) is 11.6 Å². The zero-order valence-corrected chi connectivity index (χ0v) is 23.8. The van der Waals surface area contributed by atoms with E-state index in [1.54, 1.807) is 32.3 Å². The second kappa shape index (κ2) is 11.0. The molecule has 0 aromatic carbocycles. The Kier molecular flexibility index (Phi) is 7.80. The van der Waals surface area contributed by atoms with Crippen molar-refractivity contribution in [2.45, 2.75) is 91.1 Å². The van der Waals surface area contributed by atoms with Crippen LogP contribution in [0, 0.1) is 35.0 Å². The summed E-state index contributed by atoms with van der Waals surface area (Å²) in [7, 11) is 0. The lowest BCUT2D eigenvalue weighted by atomic mass is 9.54. The van der Waals surface area contributed by atoms with Crippen LogP contribution < -0.4 is 10.1 Å². The molecule has 4 bridgehead atoms. The van der Waals surface area contributed by atoms with Crippen molar-refractivity contribution in [3.05, 3.63) is 17.8 Å². The highest BCUT2D eigenvalue weighted by Gasteiger charge is 2.49. The number of carboxylic acid groups (broad SMARTS) is 1. The fourth-order valence-corrected chi connectivity index (χ4v) is 7.52. The Morgan fingerprint density at radius 2 is 1.79 bits per heavy atom. The highest BCUT2D eigenvalue weighted by molar-refractivity contribution is 5.96. The average molecular weight is 541 g/mol. The fourth-order valence-electron chi connectivity index (χ4n) is 7.52. The van der Waals surface area contributed by atoms with Gasteiger partial charge in [-0.05, 0) is 94.8 Å². The summed E-state index contributed by atoms with van der Waals surface area (Å²) in [5.41, 5.74) is -0.560. The summed E-state index contributed by atoms with van der Waals surface area (Å²) in [6, 6.07) is -0.584. The Balaban J connectivity index is 1.34. The second-order valence-corrected chi connectivity index (χ2v) is 13.3. The number of ether oxygens (including phenoxy) is 1. The topological polar surface area (TPSA) is 114 Å². The van der Waals surface area contributed by atoms with Gasteiger partial charge in [-0.25, -0.2) is 9.48 Å². The molecule has 1 aromatic rings. The average Bonchev–Trinajstić information content (AvgIpc) is 3.30. The highest BCUT2D eigenvalue weighted by Crippen LogP contribution is 2.53. The molecule has 1 aromatic heterocycles. The van der Waals surface area contributed by atoms with Crippen LogP contribution in [0.15, 0.2) is 12.3 Å². The van der Waals surface area contributed by atoms with Crippen molar-refractivity contribution in [2.24, 2.45) is 35.0 Å². The van der Waals surface area contributed by atoms with E-state index in [9.17, 15) is 19.5 Å². The first-order valence-electron chi connectivity index (χ1n) is 14.8. The maximum Gasteiger partial charge on any atom is 0.326 e. The molecule has 4 aliphatic carbocycles. The first-order chi connectivity index (χ1) is 18.5. The SMILES string of the molecule is CC(C)COc1c(C(=O)NC2C3CC4CC(C3)CC2C4)cnn1C=CC(C)(C)C(=O)N1CCCCC1C(=O)O. The number of carbonyl (C=O) groups excluding carboxylic acids is 2. The number of amides is 2. The number of hydrogen-bond donors (Lipinski definition) is 2. The monoisotopic (exact) mass is 540 g/mol. The van der Waals surface area contributed by atoms with Crippen LogP contribution in [-0.2, 0) is 9.59 Å². The van der Waals surface area contributed by atoms with E-state index in [1.807, 2.05) is 13.8 Å². The molecule has 2 N–H and O–H groups in total. The quantitative estimate of drug-likeness (QED) is 0.479. The van der Waals surface area contributed by atoms with Gasteiger partial charge in [0.2, 0.25) is 11.8 Å². The second-order valence-electron chi connectivity index (χ2n) is 13.3. The Morgan fingerprint density at radius 1 is 1.13 bits per heavy atom. The van der Waals surface area contributed by atoms with Crippen LogP contribution in [0.5, 0.6) is 5.88 Å². The lowest BCUT2D eigenvalue weighted by Crippen LogP contribution is -2.55. The number of likely N-dealkylation sites (tertiary alicyclic amines) is 1. The molecule has 1 saturated heterocycles. The van der Waals surface area contributed by atoms with Crippen LogP contribution >= 0.6 is 0 Å². The summed E-state index contributed by atoms with van der Waals surface area (Å²) in [5.74, 6) is 2.07. The van der Waals surface area contributed by atoms with E-state index in [-0.39, 0.29) is 23.8 Å². The minimum Gasteiger partial charge on any atom is -0.480 e. The number of carboxylic acids is 1. The van der Waals surface area contributed by atoms with Crippen molar-refractivity contribution >= 4 is 24.0 Å². The third kappa shape index (κ3) is 5.73. The maximum atomic E-state index is 13.5. The molecule has 2 heterocycles. The van der Waals surface area contributed by atoms with Gasteiger partial charge < -0.3 is 20.1 Å². The van der Waals surface area contributed by atoms with Crippen LogP contribution in [0.3, 0.4) is 0 Å². The number of nitrogens with one attached hydrogen (secondary N) is 1. The Morgan fingerprint density at radius 3 is 2.41 bits per heavy atom. The summed E-state index contributed by atoms with van der Waals surface area (Å²) in [6.07, 6.45) is 13.2.